The Labute approximate surface area is 208 Å². The summed E-state index contributed by atoms with van der Waals surface area (Å²) in [5.41, 5.74) is 1.70. The standard InChI is InChI=1S/C28H26N2O6/c1-2-35-23-16-9-8-15-22(23)29-26(32)25(19-11-4-3-5-12-19)36-24(31)17-10-18-30-27(33)20-13-6-7-14-21(20)28(30)34/h3-9,11-16,25H,2,10,17-18H2,1H3,(H,29,32). The van der Waals surface area contributed by atoms with Gasteiger partial charge in [0.1, 0.15) is 5.75 Å². The molecule has 1 unspecified atom stereocenters. The van der Waals surface area contributed by atoms with E-state index in [9.17, 15) is 19.2 Å². The summed E-state index contributed by atoms with van der Waals surface area (Å²) in [6.07, 6.45) is -1.05. The second kappa shape index (κ2) is 11.3. The Morgan fingerprint density at radius 2 is 1.47 bits per heavy atom. The van der Waals surface area contributed by atoms with E-state index in [0.717, 1.165) is 4.90 Å². The van der Waals surface area contributed by atoms with E-state index in [1.165, 1.54) is 0 Å². The van der Waals surface area contributed by atoms with Gasteiger partial charge >= 0.3 is 5.97 Å². The number of anilines is 1. The fourth-order valence-electron chi connectivity index (χ4n) is 3.96. The van der Waals surface area contributed by atoms with E-state index in [4.69, 9.17) is 9.47 Å². The van der Waals surface area contributed by atoms with Gasteiger partial charge < -0.3 is 14.8 Å². The van der Waals surface area contributed by atoms with E-state index in [2.05, 4.69) is 5.32 Å². The number of nitrogens with one attached hydrogen (secondary N) is 1. The average molecular weight is 487 g/mol. The van der Waals surface area contributed by atoms with Crippen LogP contribution in [0.5, 0.6) is 5.75 Å². The van der Waals surface area contributed by atoms with Crippen molar-refractivity contribution in [2.75, 3.05) is 18.5 Å². The Kier molecular flexibility index (Phi) is 7.75. The maximum absolute atomic E-state index is 13.2. The molecule has 0 aromatic heterocycles. The van der Waals surface area contributed by atoms with E-state index >= 15 is 0 Å². The minimum absolute atomic E-state index is 0.0699. The van der Waals surface area contributed by atoms with Crippen molar-refractivity contribution in [2.24, 2.45) is 0 Å². The number of nitrogens with zero attached hydrogens (tertiary/aromatic N) is 1. The van der Waals surface area contributed by atoms with Crippen molar-refractivity contribution in [1.82, 2.24) is 4.90 Å². The molecular formula is C28H26N2O6. The molecule has 0 saturated heterocycles. The number of benzene rings is 3. The first-order valence-corrected chi connectivity index (χ1v) is 11.7. The zero-order valence-corrected chi connectivity index (χ0v) is 19.8. The van der Waals surface area contributed by atoms with Crippen LogP contribution in [0.15, 0.2) is 78.9 Å². The fourth-order valence-corrected chi connectivity index (χ4v) is 3.96. The molecular weight excluding hydrogens is 460 g/mol. The highest BCUT2D eigenvalue weighted by molar-refractivity contribution is 6.21. The molecule has 0 bridgehead atoms. The van der Waals surface area contributed by atoms with Crippen molar-refractivity contribution in [3.05, 3.63) is 95.6 Å². The zero-order valence-electron chi connectivity index (χ0n) is 19.8. The number of amides is 3. The van der Waals surface area contributed by atoms with Gasteiger partial charge in [-0.25, -0.2) is 0 Å². The predicted molar refractivity (Wildman–Crippen MR) is 133 cm³/mol. The molecule has 0 aliphatic carbocycles. The second-order valence-electron chi connectivity index (χ2n) is 8.11. The van der Waals surface area contributed by atoms with Crippen LogP contribution in [-0.4, -0.2) is 41.7 Å². The summed E-state index contributed by atoms with van der Waals surface area (Å²) >= 11 is 0. The molecule has 8 nitrogen and oxygen atoms in total. The van der Waals surface area contributed by atoms with E-state index < -0.39 is 18.0 Å². The molecule has 1 aliphatic heterocycles. The summed E-state index contributed by atoms with van der Waals surface area (Å²) in [6, 6.07) is 22.3. The number of carbonyl (C=O) groups excluding carboxylic acids is 4. The summed E-state index contributed by atoms with van der Waals surface area (Å²) in [5, 5.41) is 2.78. The molecule has 0 fully saturated rings. The summed E-state index contributed by atoms with van der Waals surface area (Å²) < 4.78 is 11.1. The summed E-state index contributed by atoms with van der Waals surface area (Å²) in [4.78, 5) is 52.0. The first-order chi connectivity index (χ1) is 17.5. The molecule has 4 rings (SSSR count). The van der Waals surface area contributed by atoms with Crippen LogP contribution in [0.4, 0.5) is 5.69 Å². The molecule has 1 aliphatic rings. The Hall–Kier alpha value is -4.46. The highest BCUT2D eigenvalue weighted by Gasteiger charge is 2.34. The molecule has 0 saturated carbocycles. The Bertz CT molecular complexity index is 1240. The molecule has 3 aromatic carbocycles. The van der Waals surface area contributed by atoms with Gasteiger partial charge in [0.25, 0.3) is 17.7 Å². The highest BCUT2D eigenvalue weighted by atomic mass is 16.5. The predicted octanol–water partition coefficient (Wildman–Crippen LogP) is 4.38. The molecule has 1 atom stereocenters. The normalized spacial score (nSPS) is 13.2. The Morgan fingerprint density at radius 3 is 2.14 bits per heavy atom. The lowest BCUT2D eigenvalue weighted by atomic mass is 10.1. The summed E-state index contributed by atoms with van der Waals surface area (Å²) in [5.74, 6) is -1.39. The van der Waals surface area contributed by atoms with Crippen molar-refractivity contribution in [3.8, 4) is 5.75 Å². The zero-order chi connectivity index (χ0) is 25.5. The molecule has 184 valence electrons. The summed E-state index contributed by atoms with van der Waals surface area (Å²) in [7, 11) is 0. The van der Waals surface area contributed by atoms with Gasteiger partial charge in [-0.3, -0.25) is 24.1 Å². The van der Waals surface area contributed by atoms with Crippen molar-refractivity contribution in [1.29, 1.82) is 0 Å². The lowest BCUT2D eigenvalue weighted by Gasteiger charge is -2.19. The topological polar surface area (TPSA) is 102 Å². The third-order valence-electron chi connectivity index (χ3n) is 5.68. The number of imide groups is 1. The Morgan fingerprint density at radius 1 is 0.861 bits per heavy atom. The van der Waals surface area contributed by atoms with E-state index in [1.807, 2.05) is 6.92 Å². The largest absolute Gasteiger partial charge is 0.492 e. The van der Waals surface area contributed by atoms with E-state index in [0.29, 0.717) is 34.7 Å². The van der Waals surface area contributed by atoms with Crippen LogP contribution in [0, 0.1) is 0 Å². The van der Waals surface area contributed by atoms with Crippen molar-refractivity contribution >= 4 is 29.4 Å². The number of carbonyl (C=O) groups is 4. The molecule has 1 heterocycles. The second-order valence-corrected chi connectivity index (χ2v) is 8.11. The molecule has 3 amide bonds. The quantitative estimate of drug-likeness (QED) is 0.337. The monoisotopic (exact) mass is 486 g/mol. The average Bonchev–Trinajstić information content (AvgIpc) is 3.14. The number of ether oxygens (including phenoxy) is 2. The van der Waals surface area contributed by atoms with Gasteiger partial charge in [0, 0.05) is 18.5 Å². The van der Waals surface area contributed by atoms with Gasteiger partial charge in [-0.15, -0.1) is 0 Å². The third kappa shape index (κ3) is 5.43. The lowest BCUT2D eigenvalue weighted by Crippen LogP contribution is -2.31. The van der Waals surface area contributed by atoms with Gasteiger partial charge in [0.2, 0.25) is 6.10 Å². The van der Waals surface area contributed by atoms with E-state index in [-0.39, 0.29) is 31.2 Å². The highest BCUT2D eigenvalue weighted by Crippen LogP contribution is 2.27. The van der Waals surface area contributed by atoms with E-state index in [1.54, 1.807) is 78.9 Å². The number of rotatable bonds is 10. The van der Waals surface area contributed by atoms with Crippen LogP contribution in [0.25, 0.3) is 0 Å². The van der Waals surface area contributed by atoms with Gasteiger partial charge in [-0.05, 0) is 37.6 Å². The fraction of sp³-hybridized carbons (Fsp3) is 0.214. The first-order valence-electron chi connectivity index (χ1n) is 11.7. The smallest absolute Gasteiger partial charge is 0.306 e. The van der Waals surface area contributed by atoms with Gasteiger partial charge in [-0.2, -0.15) is 0 Å². The van der Waals surface area contributed by atoms with Gasteiger partial charge in [0.15, 0.2) is 0 Å². The minimum Gasteiger partial charge on any atom is -0.492 e. The Balaban J connectivity index is 1.40. The van der Waals surface area contributed by atoms with Crippen LogP contribution in [0.1, 0.15) is 52.1 Å². The molecule has 1 N–H and O–H groups in total. The maximum atomic E-state index is 13.2. The SMILES string of the molecule is CCOc1ccccc1NC(=O)C(OC(=O)CCCN1C(=O)c2ccccc2C1=O)c1ccccc1. The van der Waals surface area contributed by atoms with Crippen LogP contribution in [-0.2, 0) is 14.3 Å². The lowest BCUT2D eigenvalue weighted by molar-refractivity contribution is -0.154. The van der Waals surface area contributed by atoms with Crippen LogP contribution in [0.2, 0.25) is 0 Å². The molecule has 3 aromatic rings. The van der Waals surface area contributed by atoms with Crippen molar-refractivity contribution in [2.45, 2.75) is 25.9 Å². The van der Waals surface area contributed by atoms with Crippen LogP contribution in [0.3, 0.4) is 0 Å². The van der Waals surface area contributed by atoms with Crippen molar-refractivity contribution in [3.63, 3.8) is 0 Å². The van der Waals surface area contributed by atoms with Crippen molar-refractivity contribution < 1.29 is 28.7 Å². The third-order valence-corrected chi connectivity index (χ3v) is 5.68. The van der Waals surface area contributed by atoms with Gasteiger partial charge in [-0.1, -0.05) is 54.6 Å². The maximum Gasteiger partial charge on any atom is 0.306 e. The number of hydrogen-bond donors (Lipinski definition) is 1. The molecule has 0 radical (unpaired) electrons. The van der Waals surface area contributed by atoms with Crippen LogP contribution >= 0.6 is 0 Å². The number of fused-ring (bicyclic) bond motifs is 1. The molecule has 0 spiro atoms. The molecule has 36 heavy (non-hydrogen) atoms. The number of esters is 1. The molecule has 8 heteroatoms. The summed E-state index contributed by atoms with van der Waals surface area (Å²) in [6.45, 7) is 2.34. The number of para-hydroxylation sites is 2. The number of hydrogen-bond acceptors (Lipinski definition) is 6. The first kappa shape index (κ1) is 24.7. The van der Waals surface area contributed by atoms with Gasteiger partial charge in [0.05, 0.1) is 23.4 Å². The van der Waals surface area contributed by atoms with Crippen LogP contribution < -0.4 is 10.1 Å². The minimum atomic E-state index is -1.19.